The highest BCUT2D eigenvalue weighted by Crippen LogP contribution is 2.35. The summed E-state index contributed by atoms with van der Waals surface area (Å²) in [5.41, 5.74) is 2.53. The number of carbonyl (C=O) groups is 2. The molecule has 7 nitrogen and oxygen atoms in total. The molecule has 0 saturated carbocycles. The molecular formula is C34H34BrCl2N3O4S. The van der Waals surface area contributed by atoms with Crippen LogP contribution in [-0.2, 0) is 32.6 Å². The predicted molar refractivity (Wildman–Crippen MR) is 184 cm³/mol. The molecule has 0 bridgehead atoms. The van der Waals surface area contributed by atoms with Crippen LogP contribution >= 0.6 is 39.1 Å². The molecule has 1 unspecified atom stereocenters. The van der Waals surface area contributed by atoms with Gasteiger partial charge in [0.05, 0.1) is 20.6 Å². The van der Waals surface area contributed by atoms with E-state index < -0.39 is 28.5 Å². The second kappa shape index (κ2) is 15.8. The first kappa shape index (κ1) is 34.5. The van der Waals surface area contributed by atoms with Gasteiger partial charge in [-0.2, -0.15) is 0 Å². The van der Waals surface area contributed by atoms with Crippen molar-refractivity contribution in [1.29, 1.82) is 0 Å². The van der Waals surface area contributed by atoms with Crippen molar-refractivity contribution in [3.63, 3.8) is 0 Å². The number of aryl methyl sites for hydroxylation is 1. The lowest BCUT2D eigenvalue weighted by molar-refractivity contribution is -0.140. The number of halogens is 3. The standard InChI is InChI=1S/C34H34BrCl2N3O4S/c1-3-19-38-34(42)31(21-25-9-5-4-6-10-25)39(22-26-11-7-12-27(35)20-26)32(41)23-40(30-14-8-13-29(36)33(30)37)45(43,44)28-17-15-24(2)16-18-28/h4-18,20,31H,3,19,21-23H2,1-2H3,(H,38,42). The lowest BCUT2D eigenvalue weighted by Crippen LogP contribution is -2.53. The van der Waals surface area contributed by atoms with Gasteiger partial charge in [0.2, 0.25) is 11.8 Å². The van der Waals surface area contributed by atoms with Crippen LogP contribution in [0.4, 0.5) is 5.69 Å². The van der Waals surface area contributed by atoms with Gasteiger partial charge in [-0.3, -0.25) is 13.9 Å². The third-order valence-corrected chi connectivity index (χ3v) is 10.2. The van der Waals surface area contributed by atoms with E-state index in [0.717, 1.165) is 25.5 Å². The minimum Gasteiger partial charge on any atom is -0.354 e. The van der Waals surface area contributed by atoms with E-state index in [0.29, 0.717) is 13.0 Å². The average Bonchev–Trinajstić information content (AvgIpc) is 3.02. The second-order valence-electron chi connectivity index (χ2n) is 10.5. The van der Waals surface area contributed by atoms with Crippen molar-refractivity contribution in [3.05, 3.63) is 128 Å². The monoisotopic (exact) mass is 729 g/mol. The molecular weight excluding hydrogens is 697 g/mol. The van der Waals surface area contributed by atoms with Crippen molar-refractivity contribution in [3.8, 4) is 0 Å². The van der Waals surface area contributed by atoms with E-state index in [2.05, 4.69) is 21.2 Å². The molecule has 0 aliphatic carbocycles. The largest absolute Gasteiger partial charge is 0.354 e. The Morgan fingerprint density at radius 1 is 0.889 bits per heavy atom. The predicted octanol–water partition coefficient (Wildman–Crippen LogP) is 7.43. The van der Waals surface area contributed by atoms with Gasteiger partial charge in [0.15, 0.2) is 0 Å². The third kappa shape index (κ3) is 8.88. The molecule has 0 spiro atoms. The van der Waals surface area contributed by atoms with Gasteiger partial charge < -0.3 is 10.2 Å². The summed E-state index contributed by atoms with van der Waals surface area (Å²) in [7, 11) is -4.30. The smallest absolute Gasteiger partial charge is 0.264 e. The van der Waals surface area contributed by atoms with Gasteiger partial charge in [0, 0.05) is 24.0 Å². The minimum absolute atomic E-state index is 0.0114. The van der Waals surface area contributed by atoms with Crippen LogP contribution in [0.1, 0.15) is 30.0 Å². The lowest BCUT2D eigenvalue weighted by atomic mass is 10.0. The molecule has 4 aromatic carbocycles. The minimum atomic E-state index is -4.30. The van der Waals surface area contributed by atoms with Crippen molar-refractivity contribution in [1.82, 2.24) is 10.2 Å². The number of hydrogen-bond acceptors (Lipinski definition) is 4. The van der Waals surface area contributed by atoms with Crippen LogP contribution in [-0.4, -0.2) is 44.3 Å². The maximum absolute atomic E-state index is 14.5. The van der Waals surface area contributed by atoms with Crippen LogP contribution in [0.25, 0.3) is 0 Å². The van der Waals surface area contributed by atoms with Crippen LogP contribution in [0.5, 0.6) is 0 Å². The summed E-state index contributed by atoms with van der Waals surface area (Å²) >= 11 is 16.4. The fraction of sp³-hybridized carbons (Fsp3) is 0.235. The molecule has 2 amide bonds. The van der Waals surface area contributed by atoms with Crippen molar-refractivity contribution in [2.75, 3.05) is 17.4 Å². The number of nitrogens with zero attached hydrogens (tertiary/aromatic N) is 2. The highest BCUT2D eigenvalue weighted by molar-refractivity contribution is 9.10. The van der Waals surface area contributed by atoms with E-state index in [1.54, 1.807) is 24.3 Å². The van der Waals surface area contributed by atoms with Crippen molar-refractivity contribution in [2.24, 2.45) is 0 Å². The first-order valence-electron chi connectivity index (χ1n) is 14.4. The highest BCUT2D eigenvalue weighted by atomic mass is 79.9. The van der Waals surface area contributed by atoms with E-state index in [4.69, 9.17) is 23.2 Å². The maximum atomic E-state index is 14.5. The van der Waals surface area contributed by atoms with Crippen molar-refractivity contribution in [2.45, 2.75) is 44.2 Å². The van der Waals surface area contributed by atoms with Gasteiger partial charge in [-0.05, 0) is 60.9 Å². The Morgan fingerprint density at radius 3 is 2.22 bits per heavy atom. The van der Waals surface area contributed by atoms with Gasteiger partial charge in [0.25, 0.3) is 10.0 Å². The molecule has 236 valence electrons. The summed E-state index contributed by atoms with van der Waals surface area (Å²) < 4.78 is 30.1. The molecule has 0 heterocycles. The summed E-state index contributed by atoms with van der Waals surface area (Å²) in [5, 5.41) is 3.06. The van der Waals surface area contributed by atoms with Gasteiger partial charge in [-0.15, -0.1) is 0 Å². The van der Waals surface area contributed by atoms with Gasteiger partial charge >= 0.3 is 0 Å². The van der Waals surface area contributed by atoms with E-state index in [-0.39, 0.29) is 39.5 Å². The summed E-state index contributed by atoms with van der Waals surface area (Å²) in [6.45, 7) is 3.64. The molecule has 0 aliphatic heterocycles. The zero-order chi connectivity index (χ0) is 32.6. The summed E-state index contributed by atoms with van der Waals surface area (Å²) in [5.74, 6) is -0.924. The van der Waals surface area contributed by atoms with Crippen LogP contribution in [0, 0.1) is 6.92 Å². The van der Waals surface area contributed by atoms with E-state index in [9.17, 15) is 18.0 Å². The van der Waals surface area contributed by atoms with Gasteiger partial charge in [-0.25, -0.2) is 8.42 Å². The van der Waals surface area contributed by atoms with E-state index in [1.807, 2.05) is 68.4 Å². The molecule has 0 aromatic heterocycles. The fourth-order valence-corrected chi connectivity index (χ4v) is 7.11. The number of carbonyl (C=O) groups excluding carboxylic acids is 2. The van der Waals surface area contributed by atoms with Crippen LogP contribution in [0.15, 0.2) is 106 Å². The average molecular weight is 732 g/mol. The van der Waals surface area contributed by atoms with Crippen molar-refractivity contribution >= 4 is 66.7 Å². The van der Waals surface area contributed by atoms with E-state index >= 15 is 0 Å². The molecule has 1 N–H and O–H groups in total. The Kier molecular flexibility index (Phi) is 12.1. The molecule has 0 fully saturated rings. The lowest BCUT2D eigenvalue weighted by Gasteiger charge is -2.34. The molecule has 45 heavy (non-hydrogen) atoms. The van der Waals surface area contributed by atoms with Crippen molar-refractivity contribution < 1.29 is 18.0 Å². The Morgan fingerprint density at radius 2 is 1.56 bits per heavy atom. The number of hydrogen-bond donors (Lipinski definition) is 1. The van der Waals surface area contributed by atoms with Crippen LogP contribution < -0.4 is 9.62 Å². The van der Waals surface area contributed by atoms with E-state index in [1.165, 1.54) is 23.1 Å². The molecule has 4 rings (SSSR count). The van der Waals surface area contributed by atoms with Crippen LogP contribution in [0.2, 0.25) is 10.0 Å². The third-order valence-electron chi connectivity index (χ3n) is 7.15. The Labute approximate surface area is 283 Å². The summed E-state index contributed by atoms with van der Waals surface area (Å²) in [6.07, 6.45) is 0.929. The quantitative estimate of drug-likeness (QED) is 0.155. The normalized spacial score (nSPS) is 11.9. The van der Waals surface area contributed by atoms with Crippen LogP contribution in [0.3, 0.4) is 0 Å². The zero-order valence-electron chi connectivity index (χ0n) is 24.9. The number of amides is 2. The number of nitrogens with one attached hydrogen (secondary N) is 1. The highest BCUT2D eigenvalue weighted by Gasteiger charge is 2.35. The Bertz CT molecular complexity index is 1740. The SMILES string of the molecule is CCCNC(=O)C(Cc1ccccc1)N(Cc1cccc(Br)c1)C(=O)CN(c1cccc(Cl)c1Cl)S(=O)(=O)c1ccc(C)cc1. The molecule has 0 radical (unpaired) electrons. The molecule has 4 aromatic rings. The van der Waals surface area contributed by atoms with Gasteiger partial charge in [-0.1, -0.05) is 112 Å². The summed E-state index contributed by atoms with van der Waals surface area (Å²) in [6, 6.07) is 26.8. The first-order valence-corrected chi connectivity index (χ1v) is 17.4. The van der Waals surface area contributed by atoms with Gasteiger partial charge in [0.1, 0.15) is 12.6 Å². The Hall–Kier alpha value is -3.37. The fourth-order valence-electron chi connectivity index (χ4n) is 4.79. The molecule has 0 saturated heterocycles. The second-order valence-corrected chi connectivity index (χ2v) is 14.1. The number of benzene rings is 4. The molecule has 11 heteroatoms. The number of anilines is 1. The molecule has 0 aliphatic rings. The molecule has 1 atom stereocenters. The topological polar surface area (TPSA) is 86.8 Å². The first-order chi connectivity index (χ1) is 21.5. The Balaban J connectivity index is 1.83. The summed E-state index contributed by atoms with van der Waals surface area (Å²) in [4.78, 5) is 29.7. The maximum Gasteiger partial charge on any atom is 0.264 e. The number of rotatable bonds is 13. The number of sulfonamides is 1. The zero-order valence-corrected chi connectivity index (χ0v) is 28.8.